The molecule has 1 unspecified atom stereocenters. The van der Waals surface area contributed by atoms with Gasteiger partial charge in [-0.2, -0.15) is 0 Å². The van der Waals surface area contributed by atoms with Gasteiger partial charge in [0.15, 0.2) is 0 Å². The van der Waals surface area contributed by atoms with Gasteiger partial charge in [0.2, 0.25) is 0 Å². The smallest absolute Gasteiger partial charge is 0.141 e. The summed E-state index contributed by atoms with van der Waals surface area (Å²) in [4.78, 5) is 0. The molecule has 0 bridgehead atoms. The van der Waals surface area contributed by atoms with E-state index >= 15 is 0 Å². The van der Waals surface area contributed by atoms with Gasteiger partial charge >= 0.3 is 0 Å². The minimum absolute atomic E-state index is 0.172. The van der Waals surface area contributed by atoms with Crippen molar-refractivity contribution in [3.63, 3.8) is 0 Å². The molecule has 0 fully saturated rings. The SMILES string of the molecule is C=C(C)C(C)c1ccc(F)c(Cl)c1. The highest BCUT2D eigenvalue weighted by Crippen LogP contribution is 2.25. The Balaban J connectivity index is 3.03. The van der Waals surface area contributed by atoms with Crippen LogP contribution in [0.25, 0.3) is 0 Å². The first-order valence-corrected chi connectivity index (χ1v) is 4.50. The number of halogens is 2. The second-order valence-corrected chi connectivity index (χ2v) is 3.65. The Bertz CT molecular complexity index is 331. The lowest BCUT2D eigenvalue weighted by Gasteiger charge is -2.11. The molecule has 0 saturated heterocycles. The summed E-state index contributed by atoms with van der Waals surface area (Å²) in [6, 6.07) is 4.77. The van der Waals surface area contributed by atoms with Crippen LogP contribution in [0.15, 0.2) is 30.4 Å². The van der Waals surface area contributed by atoms with E-state index in [4.69, 9.17) is 11.6 Å². The van der Waals surface area contributed by atoms with E-state index in [1.165, 1.54) is 6.07 Å². The lowest BCUT2D eigenvalue weighted by molar-refractivity contribution is 0.627. The first-order chi connectivity index (χ1) is 6.02. The third-order valence-electron chi connectivity index (χ3n) is 2.18. The molecular formula is C11H12ClF. The second-order valence-electron chi connectivity index (χ2n) is 3.24. The normalized spacial score (nSPS) is 12.6. The summed E-state index contributed by atoms with van der Waals surface area (Å²) in [6.45, 7) is 7.81. The van der Waals surface area contributed by atoms with Gasteiger partial charge in [0.1, 0.15) is 5.82 Å². The summed E-state index contributed by atoms with van der Waals surface area (Å²) >= 11 is 5.66. The minimum atomic E-state index is -0.376. The summed E-state index contributed by atoms with van der Waals surface area (Å²) in [5.41, 5.74) is 2.04. The molecule has 2 heteroatoms. The molecule has 13 heavy (non-hydrogen) atoms. The first kappa shape index (κ1) is 10.3. The van der Waals surface area contributed by atoms with Crippen LogP contribution in [0, 0.1) is 5.82 Å². The number of benzene rings is 1. The highest BCUT2D eigenvalue weighted by atomic mass is 35.5. The third-order valence-corrected chi connectivity index (χ3v) is 2.47. The van der Waals surface area contributed by atoms with Crippen molar-refractivity contribution in [2.24, 2.45) is 0 Å². The molecule has 0 aliphatic heterocycles. The van der Waals surface area contributed by atoms with Gasteiger partial charge in [0.25, 0.3) is 0 Å². The molecule has 0 aromatic heterocycles. The Morgan fingerprint density at radius 2 is 2.15 bits per heavy atom. The van der Waals surface area contributed by atoms with Gasteiger partial charge in [-0.25, -0.2) is 4.39 Å². The average molecular weight is 199 g/mol. The van der Waals surface area contributed by atoms with Crippen molar-refractivity contribution >= 4 is 11.6 Å². The molecule has 1 atom stereocenters. The van der Waals surface area contributed by atoms with Crippen LogP contribution in [-0.2, 0) is 0 Å². The zero-order chi connectivity index (χ0) is 10.0. The van der Waals surface area contributed by atoms with Gasteiger partial charge in [-0.15, -0.1) is 0 Å². The van der Waals surface area contributed by atoms with Crippen molar-refractivity contribution in [2.45, 2.75) is 19.8 Å². The quantitative estimate of drug-likeness (QED) is 0.626. The van der Waals surface area contributed by atoms with Crippen molar-refractivity contribution in [3.8, 4) is 0 Å². The molecule has 0 spiro atoms. The second kappa shape index (κ2) is 3.93. The molecule has 0 heterocycles. The van der Waals surface area contributed by atoms with E-state index in [1.807, 2.05) is 13.8 Å². The van der Waals surface area contributed by atoms with Crippen molar-refractivity contribution < 1.29 is 4.39 Å². The molecule has 1 rings (SSSR count). The van der Waals surface area contributed by atoms with Gasteiger partial charge in [0.05, 0.1) is 5.02 Å². The van der Waals surface area contributed by atoms with Gasteiger partial charge in [-0.3, -0.25) is 0 Å². The maximum atomic E-state index is 12.8. The molecule has 0 radical (unpaired) electrons. The topological polar surface area (TPSA) is 0 Å². The maximum absolute atomic E-state index is 12.8. The van der Waals surface area contributed by atoms with Crippen molar-refractivity contribution in [1.29, 1.82) is 0 Å². The largest absolute Gasteiger partial charge is 0.205 e. The van der Waals surface area contributed by atoms with Crippen LogP contribution in [0.5, 0.6) is 0 Å². The Morgan fingerprint density at radius 1 is 1.54 bits per heavy atom. The van der Waals surface area contributed by atoms with E-state index in [0.29, 0.717) is 0 Å². The van der Waals surface area contributed by atoms with E-state index in [0.717, 1.165) is 11.1 Å². The molecule has 0 aliphatic carbocycles. The summed E-state index contributed by atoms with van der Waals surface area (Å²) in [6.07, 6.45) is 0. The van der Waals surface area contributed by atoms with Crippen LogP contribution in [0.4, 0.5) is 4.39 Å². The van der Waals surface area contributed by atoms with Crippen LogP contribution in [0.3, 0.4) is 0 Å². The molecule has 1 aromatic rings. The molecule has 0 nitrogen and oxygen atoms in total. The van der Waals surface area contributed by atoms with Crippen LogP contribution >= 0.6 is 11.6 Å². The van der Waals surface area contributed by atoms with Crippen molar-refractivity contribution in [1.82, 2.24) is 0 Å². The van der Waals surface area contributed by atoms with Crippen LogP contribution < -0.4 is 0 Å². The molecule has 0 amide bonds. The molecule has 70 valence electrons. The fourth-order valence-electron chi connectivity index (χ4n) is 1.07. The van der Waals surface area contributed by atoms with Crippen LogP contribution in [0.1, 0.15) is 25.3 Å². The predicted molar refractivity (Wildman–Crippen MR) is 54.6 cm³/mol. The number of allylic oxidation sites excluding steroid dienone is 1. The Hall–Kier alpha value is -0.820. The lowest BCUT2D eigenvalue weighted by Crippen LogP contribution is -1.94. The van der Waals surface area contributed by atoms with Gasteiger partial charge in [-0.05, 0) is 24.6 Å². The zero-order valence-electron chi connectivity index (χ0n) is 7.77. The fourth-order valence-corrected chi connectivity index (χ4v) is 1.26. The molecular weight excluding hydrogens is 187 g/mol. The van der Waals surface area contributed by atoms with Crippen molar-refractivity contribution in [2.75, 3.05) is 0 Å². The Labute approximate surface area is 83.0 Å². The lowest BCUT2D eigenvalue weighted by atomic mass is 9.95. The summed E-state index contributed by atoms with van der Waals surface area (Å²) < 4.78 is 12.8. The zero-order valence-corrected chi connectivity index (χ0v) is 8.53. The van der Waals surface area contributed by atoms with Gasteiger partial charge in [-0.1, -0.05) is 36.7 Å². The number of hydrogen-bond acceptors (Lipinski definition) is 0. The Kier molecular flexibility index (Phi) is 3.10. The highest BCUT2D eigenvalue weighted by Gasteiger charge is 2.08. The molecule has 0 saturated carbocycles. The standard InChI is InChI=1S/C11H12ClF/c1-7(2)8(3)9-4-5-11(13)10(12)6-9/h4-6,8H,1H2,2-3H3. The van der Waals surface area contributed by atoms with Gasteiger partial charge in [0, 0.05) is 5.92 Å². The van der Waals surface area contributed by atoms with Crippen LogP contribution in [-0.4, -0.2) is 0 Å². The predicted octanol–water partition coefficient (Wildman–Crippen LogP) is 4.16. The molecule has 1 aromatic carbocycles. The van der Waals surface area contributed by atoms with E-state index < -0.39 is 0 Å². The third kappa shape index (κ3) is 2.31. The van der Waals surface area contributed by atoms with E-state index in [1.54, 1.807) is 12.1 Å². The number of rotatable bonds is 2. The highest BCUT2D eigenvalue weighted by molar-refractivity contribution is 6.30. The summed E-state index contributed by atoms with van der Waals surface area (Å²) in [7, 11) is 0. The Morgan fingerprint density at radius 3 is 2.62 bits per heavy atom. The van der Waals surface area contributed by atoms with Crippen LogP contribution in [0.2, 0.25) is 5.02 Å². The van der Waals surface area contributed by atoms with Crippen molar-refractivity contribution in [3.05, 3.63) is 46.8 Å². The van der Waals surface area contributed by atoms with E-state index in [2.05, 4.69) is 6.58 Å². The number of hydrogen-bond donors (Lipinski definition) is 0. The first-order valence-electron chi connectivity index (χ1n) is 4.12. The molecule has 0 N–H and O–H groups in total. The van der Waals surface area contributed by atoms with Gasteiger partial charge < -0.3 is 0 Å². The summed E-state index contributed by atoms with van der Waals surface area (Å²) in [5, 5.41) is 0.172. The summed E-state index contributed by atoms with van der Waals surface area (Å²) in [5.74, 6) is -0.155. The average Bonchev–Trinajstić information content (AvgIpc) is 2.08. The van der Waals surface area contributed by atoms with E-state index in [-0.39, 0.29) is 16.8 Å². The van der Waals surface area contributed by atoms with E-state index in [9.17, 15) is 4.39 Å². The minimum Gasteiger partial charge on any atom is -0.205 e. The maximum Gasteiger partial charge on any atom is 0.141 e. The fraction of sp³-hybridized carbons (Fsp3) is 0.273. The monoisotopic (exact) mass is 198 g/mol. The molecule has 0 aliphatic rings.